The smallest absolute Gasteiger partial charge is 0.0264 e. The SMILES string of the molecule is CCCCC(CC)(CC(C)(C)C(C)C(C)C)C(C)C(C)(C)CC. The fourth-order valence-corrected chi connectivity index (χ4v) is 4.70. The van der Waals surface area contributed by atoms with E-state index in [2.05, 4.69) is 76.2 Å². The van der Waals surface area contributed by atoms with Crippen LogP contribution in [0.5, 0.6) is 0 Å². The Bertz CT molecular complexity index is 323. The zero-order valence-corrected chi connectivity index (χ0v) is 18.5. The molecule has 0 aromatic carbocycles. The maximum atomic E-state index is 2.55. The lowest BCUT2D eigenvalue weighted by Crippen LogP contribution is -2.43. The zero-order valence-electron chi connectivity index (χ0n) is 18.5. The predicted octanol–water partition coefficient (Wildman–Crippen LogP) is 8.35. The molecule has 3 atom stereocenters. The van der Waals surface area contributed by atoms with Gasteiger partial charge in [-0.3, -0.25) is 0 Å². The molecule has 0 saturated heterocycles. The summed E-state index contributed by atoms with van der Waals surface area (Å²) in [5, 5.41) is 0. The molecule has 140 valence electrons. The van der Waals surface area contributed by atoms with Gasteiger partial charge in [0.25, 0.3) is 0 Å². The molecule has 0 fully saturated rings. The fourth-order valence-electron chi connectivity index (χ4n) is 4.70. The van der Waals surface area contributed by atoms with Crippen molar-refractivity contribution >= 4 is 0 Å². The minimum Gasteiger partial charge on any atom is -0.0654 e. The first kappa shape index (κ1) is 23.0. The summed E-state index contributed by atoms with van der Waals surface area (Å²) in [6.45, 7) is 27.0. The molecule has 3 unspecified atom stereocenters. The molecule has 0 heteroatoms. The van der Waals surface area contributed by atoms with Gasteiger partial charge >= 0.3 is 0 Å². The minimum absolute atomic E-state index is 0.413. The summed E-state index contributed by atoms with van der Waals surface area (Å²) in [4.78, 5) is 0. The van der Waals surface area contributed by atoms with Crippen molar-refractivity contribution in [1.82, 2.24) is 0 Å². The minimum atomic E-state index is 0.413. The van der Waals surface area contributed by atoms with Crippen LogP contribution in [0.3, 0.4) is 0 Å². The van der Waals surface area contributed by atoms with E-state index in [4.69, 9.17) is 0 Å². The number of rotatable bonds is 11. The van der Waals surface area contributed by atoms with Crippen LogP contribution in [0.15, 0.2) is 0 Å². The van der Waals surface area contributed by atoms with Crippen LogP contribution in [0.1, 0.15) is 115 Å². The highest BCUT2D eigenvalue weighted by Gasteiger charge is 2.45. The van der Waals surface area contributed by atoms with Gasteiger partial charge in [-0.25, -0.2) is 0 Å². The summed E-state index contributed by atoms with van der Waals surface area (Å²) < 4.78 is 0. The van der Waals surface area contributed by atoms with Crippen LogP contribution in [0, 0.1) is 34.0 Å². The lowest BCUT2D eigenvalue weighted by atomic mass is 9.53. The molecule has 23 heavy (non-hydrogen) atoms. The number of hydrogen-bond acceptors (Lipinski definition) is 0. The molecule has 0 rings (SSSR count). The summed E-state index contributed by atoms with van der Waals surface area (Å²) >= 11 is 0. The Hall–Kier alpha value is 0. The molecule has 0 saturated carbocycles. The Labute approximate surface area is 149 Å². The van der Waals surface area contributed by atoms with Gasteiger partial charge in [-0.15, -0.1) is 0 Å². The first-order chi connectivity index (χ1) is 10.4. The zero-order chi connectivity index (χ0) is 18.5. The summed E-state index contributed by atoms with van der Waals surface area (Å²) in [6, 6.07) is 0. The van der Waals surface area contributed by atoms with Crippen LogP contribution < -0.4 is 0 Å². The Kier molecular flexibility index (Phi) is 8.91. The molecule has 0 aromatic heterocycles. The molecule has 0 amide bonds. The Balaban J connectivity index is 5.68. The van der Waals surface area contributed by atoms with Crippen molar-refractivity contribution < 1.29 is 0 Å². The summed E-state index contributed by atoms with van der Waals surface area (Å²) in [6.07, 6.45) is 8.08. The van der Waals surface area contributed by atoms with Crippen LogP contribution in [-0.2, 0) is 0 Å². The van der Waals surface area contributed by atoms with Crippen molar-refractivity contribution in [2.45, 2.75) is 115 Å². The van der Waals surface area contributed by atoms with E-state index < -0.39 is 0 Å². The summed E-state index contributed by atoms with van der Waals surface area (Å²) in [7, 11) is 0. The Morgan fingerprint density at radius 1 is 0.739 bits per heavy atom. The van der Waals surface area contributed by atoms with Crippen LogP contribution in [0.2, 0.25) is 0 Å². The standard InChI is InChI=1S/C23H48/c1-12-15-16-23(14-3,20(7)21(8,9)13-2)17-22(10,11)19(6)18(4)5/h18-20H,12-17H2,1-11H3. The fraction of sp³-hybridized carbons (Fsp3) is 1.00. The van der Waals surface area contributed by atoms with Crippen molar-refractivity contribution in [2.75, 3.05) is 0 Å². The van der Waals surface area contributed by atoms with E-state index in [-0.39, 0.29) is 0 Å². The Morgan fingerprint density at radius 2 is 1.26 bits per heavy atom. The van der Waals surface area contributed by atoms with Gasteiger partial charge in [0.05, 0.1) is 0 Å². The highest BCUT2D eigenvalue weighted by molar-refractivity contribution is 4.95. The highest BCUT2D eigenvalue weighted by atomic mass is 14.5. The van der Waals surface area contributed by atoms with Crippen molar-refractivity contribution in [1.29, 1.82) is 0 Å². The normalized spacial score (nSPS) is 18.8. The molecule has 0 aromatic rings. The van der Waals surface area contributed by atoms with Crippen LogP contribution in [0.25, 0.3) is 0 Å². The monoisotopic (exact) mass is 324 g/mol. The number of hydrogen-bond donors (Lipinski definition) is 0. The van der Waals surface area contributed by atoms with Crippen LogP contribution >= 0.6 is 0 Å². The largest absolute Gasteiger partial charge is 0.0654 e. The van der Waals surface area contributed by atoms with Crippen molar-refractivity contribution in [2.24, 2.45) is 34.0 Å². The predicted molar refractivity (Wildman–Crippen MR) is 108 cm³/mol. The average Bonchev–Trinajstić information content (AvgIpc) is 2.49. The number of unbranched alkanes of at least 4 members (excludes halogenated alkanes) is 1. The van der Waals surface area contributed by atoms with E-state index in [9.17, 15) is 0 Å². The lowest BCUT2D eigenvalue weighted by Gasteiger charge is -2.51. The quantitative estimate of drug-likeness (QED) is 0.358. The van der Waals surface area contributed by atoms with Crippen molar-refractivity contribution in [3.63, 3.8) is 0 Å². The second-order valence-electron chi connectivity index (χ2n) is 10.1. The van der Waals surface area contributed by atoms with E-state index in [1.54, 1.807) is 0 Å². The van der Waals surface area contributed by atoms with E-state index >= 15 is 0 Å². The molecule has 0 aliphatic heterocycles. The summed E-state index contributed by atoms with van der Waals surface area (Å²) in [5.41, 5.74) is 1.33. The molecule has 0 spiro atoms. The van der Waals surface area contributed by atoms with E-state index in [0.29, 0.717) is 16.2 Å². The first-order valence-corrected chi connectivity index (χ1v) is 10.4. The van der Waals surface area contributed by atoms with E-state index in [0.717, 1.165) is 17.8 Å². The van der Waals surface area contributed by atoms with Gasteiger partial charge in [-0.05, 0) is 46.8 Å². The summed E-state index contributed by atoms with van der Waals surface area (Å²) in [5.74, 6) is 2.31. The topological polar surface area (TPSA) is 0 Å². The van der Waals surface area contributed by atoms with Gasteiger partial charge in [-0.1, -0.05) is 102 Å². The maximum absolute atomic E-state index is 2.55. The molecular weight excluding hydrogens is 276 g/mol. The van der Waals surface area contributed by atoms with Crippen LogP contribution in [0.4, 0.5) is 0 Å². The third kappa shape index (κ3) is 5.79. The maximum Gasteiger partial charge on any atom is -0.0264 e. The van der Waals surface area contributed by atoms with Crippen LogP contribution in [-0.4, -0.2) is 0 Å². The van der Waals surface area contributed by atoms with E-state index in [1.807, 2.05) is 0 Å². The van der Waals surface area contributed by atoms with Crippen molar-refractivity contribution in [3.8, 4) is 0 Å². The lowest BCUT2D eigenvalue weighted by molar-refractivity contribution is -0.0182. The molecule has 0 nitrogen and oxygen atoms in total. The van der Waals surface area contributed by atoms with Crippen molar-refractivity contribution in [3.05, 3.63) is 0 Å². The average molecular weight is 325 g/mol. The second kappa shape index (κ2) is 8.91. The molecule has 0 bridgehead atoms. The highest BCUT2D eigenvalue weighted by Crippen LogP contribution is 2.55. The first-order valence-electron chi connectivity index (χ1n) is 10.4. The molecular formula is C23H48. The molecule has 0 radical (unpaired) electrons. The van der Waals surface area contributed by atoms with Gasteiger partial charge < -0.3 is 0 Å². The van der Waals surface area contributed by atoms with E-state index in [1.165, 1.54) is 38.5 Å². The Morgan fingerprint density at radius 3 is 1.61 bits per heavy atom. The second-order valence-corrected chi connectivity index (χ2v) is 10.1. The van der Waals surface area contributed by atoms with Gasteiger partial charge in [-0.2, -0.15) is 0 Å². The van der Waals surface area contributed by atoms with Gasteiger partial charge in [0.15, 0.2) is 0 Å². The van der Waals surface area contributed by atoms with Gasteiger partial charge in [0.2, 0.25) is 0 Å². The molecule has 0 N–H and O–H groups in total. The molecule has 0 aliphatic carbocycles. The third-order valence-electron chi connectivity index (χ3n) is 7.77. The third-order valence-corrected chi connectivity index (χ3v) is 7.77. The molecule has 0 aliphatic rings. The van der Waals surface area contributed by atoms with Gasteiger partial charge in [0, 0.05) is 0 Å². The molecule has 0 heterocycles. The van der Waals surface area contributed by atoms with Gasteiger partial charge in [0.1, 0.15) is 0 Å².